The molecule has 0 radical (unpaired) electrons. The molecule has 0 aromatic heterocycles. The van der Waals surface area contributed by atoms with Crippen molar-refractivity contribution >= 4 is 27.5 Å². The molecule has 6 nitrogen and oxygen atoms in total. The lowest BCUT2D eigenvalue weighted by Gasteiger charge is -2.07. The van der Waals surface area contributed by atoms with Gasteiger partial charge in [-0.1, -0.05) is 43.6 Å². The second kappa shape index (κ2) is 11.6. The predicted octanol–water partition coefficient (Wildman–Crippen LogP) is 3.22. The zero-order valence-electron chi connectivity index (χ0n) is 15.7. The maximum absolute atomic E-state index is 11.7. The number of carbonyl (C=O) groups excluding carboxylic acids is 1. The van der Waals surface area contributed by atoms with Gasteiger partial charge in [-0.3, -0.25) is 4.79 Å². The topological polar surface area (TPSA) is 84.5 Å². The van der Waals surface area contributed by atoms with Crippen LogP contribution < -0.4 is 14.8 Å². The number of ether oxygens (including phenoxy) is 1. The largest absolute Gasteiger partial charge is 0.489 e. The summed E-state index contributed by atoms with van der Waals surface area (Å²) in [5.74, 6) is -0.0174. The van der Waals surface area contributed by atoms with Gasteiger partial charge in [-0.2, -0.15) is 0 Å². The summed E-state index contributed by atoms with van der Waals surface area (Å²) in [6, 6.07) is 13.5. The third kappa shape index (κ3) is 9.98. The summed E-state index contributed by atoms with van der Waals surface area (Å²) in [6.45, 7) is 6.70. The normalized spacial score (nSPS) is 10.5. The summed E-state index contributed by atoms with van der Waals surface area (Å²) < 4.78 is 29.5. The Hall–Kier alpha value is -2.09. The first-order valence-electron chi connectivity index (χ1n) is 8.45. The number of hydrogen-bond acceptors (Lipinski definition) is 5. The number of rotatable bonds is 7. The number of carbonyl (C=O) groups is 1. The van der Waals surface area contributed by atoms with Crippen molar-refractivity contribution in [2.75, 3.05) is 19.3 Å². The molecule has 0 unspecified atom stereocenters. The van der Waals surface area contributed by atoms with Gasteiger partial charge in [-0.15, -0.1) is 0 Å². The number of halogens is 1. The van der Waals surface area contributed by atoms with Gasteiger partial charge in [0.05, 0.1) is 6.26 Å². The van der Waals surface area contributed by atoms with Gasteiger partial charge < -0.3 is 10.1 Å². The van der Waals surface area contributed by atoms with E-state index in [9.17, 15) is 13.2 Å². The number of hydrogen-bond donors (Lipinski definition) is 2. The van der Waals surface area contributed by atoms with E-state index in [1.807, 2.05) is 4.72 Å². The first kappa shape index (κ1) is 23.0. The van der Waals surface area contributed by atoms with Crippen LogP contribution in [0.4, 0.5) is 0 Å². The summed E-state index contributed by atoms with van der Waals surface area (Å²) in [5, 5.41) is 3.70. The van der Waals surface area contributed by atoms with Gasteiger partial charge in [-0.25, -0.2) is 13.1 Å². The highest BCUT2D eigenvalue weighted by atomic mass is 35.5. The second-order valence-electron chi connectivity index (χ2n) is 5.60. The van der Waals surface area contributed by atoms with E-state index >= 15 is 0 Å². The Morgan fingerprint density at radius 1 is 1.07 bits per heavy atom. The highest BCUT2D eigenvalue weighted by molar-refractivity contribution is 7.89. The second-order valence-corrected chi connectivity index (χ2v) is 7.79. The molecule has 2 N–H and O–H groups in total. The molecule has 2 rings (SSSR count). The van der Waals surface area contributed by atoms with Gasteiger partial charge in [0.15, 0.2) is 0 Å². The average Bonchev–Trinajstić information content (AvgIpc) is 2.60. The molecule has 0 aliphatic heterocycles. The van der Waals surface area contributed by atoms with Gasteiger partial charge in [-0.05, 0) is 49.0 Å². The molecular weight excluding hydrogens is 388 g/mol. The number of sulfonamides is 1. The smallest absolute Gasteiger partial charge is 0.264 e. The summed E-state index contributed by atoms with van der Waals surface area (Å²) in [4.78, 5) is 11.7. The Labute approximate surface area is 165 Å². The van der Waals surface area contributed by atoms with Gasteiger partial charge in [0.2, 0.25) is 10.0 Å². The Balaban J connectivity index is 0.000000646. The minimum absolute atomic E-state index is 0.261. The molecule has 0 spiro atoms. The quantitative estimate of drug-likeness (QED) is 0.729. The first-order valence-corrected chi connectivity index (χ1v) is 10.7. The van der Waals surface area contributed by atoms with Gasteiger partial charge in [0.25, 0.3) is 5.91 Å². The molecule has 0 atom stereocenters. The van der Waals surface area contributed by atoms with Crippen molar-refractivity contribution in [2.45, 2.75) is 20.5 Å². The Morgan fingerprint density at radius 2 is 1.70 bits per heavy atom. The lowest BCUT2D eigenvalue weighted by atomic mass is 10.1. The van der Waals surface area contributed by atoms with Crippen molar-refractivity contribution < 1.29 is 17.9 Å². The summed E-state index contributed by atoms with van der Waals surface area (Å²) in [7, 11) is -3.57. The minimum atomic E-state index is -3.57. The molecule has 148 valence electrons. The predicted molar refractivity (Wildman–Crippen MR) is 109 cm³/mol. The fourth-order valence-corrected chi connectivity index (χ4v) is 2.59. The van der Waals surface area contributed by atoms with Crippen LogP contribution in [0.25, 0.3) is 0 Å². The molecule has 1 amide bonds. The van der Waals surface area contributed by atoms with Crippen LogP contribution in [0.15, 0.2) is 48.5 Å². The van der Waals surface area contributed by atoms with Gasteiger partial charge >= 0.3 is 0 Å². The van der Waals surface area contributed by atoms with E-state index < -0.39 is 15.9 Å². The number of benzene rings is 2. The van der Waals surface area contributed by atoms with E-state index in [1.54, 1.807) is 36.4 Å². The van der Waals surface area contributed by atoms with Crippen molar-refractivity contribution in [1.82, 2.24) is 10.0 Å². The zero-order chi connectivity index (χ0) is 20.3. The molecule has 0 saturated carbocycles. The monoisotopic (exact) mass is 412 g/mol. The fraction of sp³-hybridized carbons (Fsp3) is 0.316. The van der Waals surface area contributed by atoms with E-state index in [4.69, 9.17) is 16.3 Å². The molecule has 0 fully saturated rings. The first-order chi connectivity index (χ1) is 12.7. The molecule has 2 aromatic rings. The van der Waals surface area contributed by atoms with E-state index in [0.29, 0.717) is 17.4 Å². The summed E-state index contributed by atoms with van der Waals surface area (Å²) >= 11 is 5.86. The van der Waals surface area contributed by atoms with Crippen LogP contribution in [0.3, 0.4) is 0 Å². The van der Waals surface area contributed by atoms with Crippen LogP contribution in [0.2, 0.25) is 5.02 Å². The van der Waals surface area contributed by atoms with Crippen molar-refractivity contribution in [3.8, 4) is 5.75 Å². The molecule has 0 aliphatic rings. The van der Waals surface area contributed by atoms with Crippen molar-refractivity contribution in [3.63, 3.8) is 0 Å². The molecule has 2 aromatic carbocycles. The van der Waals surface area contributed by atoms with Crippen LogP contribution in [0, 0.1) is 0 Å². The highest BCUT2D eigenvalue weighted by Crippen LogP contribution is 2.18. The molecule has 8 heteroatoms. The third-order valence-electron chi connectivity index (χ3n) is 3.20. The lowest BCUT2D eigenvalue weighted by molar-refractivity contribution is 0.0981. The Morgan fingerprint density at radius 3 is 2.19 bits per heavy atom. The third-order valence-corrected chi connectivity index (χ3v) is 3.99. The summed E-state index contributed by atoms with van der Waals surface area (Å²) in [6.07, 6.45) is 0.929. The molecular formula is C19H25ClN2O4S. The van der Waals surface area contributed by atoms with E-state index in [1.165, 1.54) is 12.1 Å². The molecule has 0 saturated heterocycles. The Bertz CT molecular complexity index is 822. The maximum Gasteiger partial charge on any atom is 0.264 e. The van der Waals surface area contributed by atoms with Crippen molar-refractivity contribution in [1.29, 1.82) is 0 Å². The van der Waals surface area contributed by atoms with Gasteiger partial charge in [0.1, 0.15) is 12.4 Å². The Kier molecular flexibility index (Phi) is 9.85. The molecule has 0 bridgehead atoms. The van der Waals surface area contributed by atoms with Crippen LogP contribution in [-0.4, -0.2) is 33.7 Å². The van der Waals surface area contributed by atoms with Crippen LogP contribution >= 0.6 is 11.6 Å². The van der Waals surface area contributed by atoms with E-state index in [-0.39, 0.29) is 5.56 Å². The highest BCUT2D eigenvalue weighted by Gasteiger charge is 2.10. The minimum Gasteiger partial charge on any atom is -0.489 e. The SMILES string of the molecule is CCNCC.CS(=O)(=O)NC(=O)c1ccc(COc2cccc(Cl)c2)cc1. The molecule has 0 aliphatic carbocycles. The lowest BCUT2D eigenvalue weighted by Crippen LogP contribution is -2.29. The average molecular weight is 413 g/mol. The van der Waals surface area contributed by atoms with Crippen LogP contribution in [-0.2, 0) is 16.6 Å². The standard InChI is InChI=1S/C15H14ClNO4S.C4H11N/c1-22(19,20)17-15(18)12-7-5-11(6-8-12)10-21-14-4-2-3-13(16)9-14;1-3-5-4-2/h2-9H,10H2,1H3,(H,17,18);5H,3-4H2,1-2H3. The maximum atomic E-state index is 11.7. The van der Waals surface area contributed by atoms with Crippen molar-refractivity contribution in [3.05, 3.63) is 64.7 Å². The zero-order valence-corrected chi connectivity index (χ0v) is 17.2. The van der Waals surface area contributed by atoms with Crippen LogP contribution in [0.5, 0.6) is 5.75 Å². The van der Waals surface area contributed by atoms with Gasteiger partial charge in [0, 0.05) is 10.6 Å². The number of amides is 1. The van der Waals surface area contributed by atoms with E-state index in [0.717, 1.165) is 24.9 Å². The van der Waals surface area contributed by atoms with E-state index in [2.05, 4.69) is 19.2 Å². The van der Waals surface area contributed by atoms with Crippen LogP contribution in [0.1, 0.15) is 29.8 Å². The summed E-state index contributed by atoms with van der Waals surface area (Å²) in [5.41, 5.74) is 1.10. The fourth-order valence-electron chi connectivity index (χ4n) is 1.95. The number of nitrogens with one attached hydrogen (secondary N) is 2. The molecule has 27 heavy (non-hydrogen) atoms. The molecule has 0 heterocycles. The van der Waals surface area contributed by atoms with Crippen molar-refractivity contribution in [2.24, 2.45) is 0 Å².